The fourth-order valence-corrected chi connectivity index (χ4v) is 3.86. The number of rotatable bonds is 5. The maximum Gasteiger partial charge on any atom is 0.407 e. The van der Waals surface area contributed by atoms with Gasteiger partial charge >= 0.3 is 6.09 Å². The number of ether oxygens (including phenoxy) is 1. The molecule has 0 unspecified atom stereocenters. The summed E-state index contributed by atoms with van der Waals surface area (Å²) in [5, 5.41) is 8.99. The number of hydrogen-bond acceptors (Lipinski definition) is 5. The number of nitrogens with zero attached hydrogens (tertiary/aromatic N) is 2. The number of fused-ring (bicyclic) bond motifs is 1. The predicted octanol–water partition coefficient (Wildman–Crippen LogP) is 2.92. The second-order valence-electron chi connectivity index (χ2n) is 7.51. The molecule has 1 fully saturated rings. The van der Waals surface area contributed by atoms with Crippen molar-refractivity contribution in [2.45, 2.75) is 32.5 Å². The first-order chi connectivity index (χ1) is 13.6. The van der Waals surface area contributed by atoms with E-state index in [4.69, 9.17) is 14.3 Å². The lowest BCUT2D eigenvalue weighted by Crippen LogP contribution is -2.38. The highest BCUT2D eigenvalue weighted by molar-refractivity contribution is 5.64. The van der Waals surface area contributed by atoms with Crippen molar-refractivity contribution < 1.29 is 19.1 Å². The van der Waals surface area contributed by atoms with E-state index in [9.17, 15) is 9.59 Å². The highest BCUT2D eigenvalue weighted by Gasteiger charge is 2.23. The summed E-state index contributed by atoms with van der Waals surface area (Å²) in [7, 11) is 0. The quantitative estimate of drug-likeness (QED) is 0.853. The van der Waals surface area contributed by atoms with Crippen molar-refractivity contribution in [1.82, 2.24) is 9.80 Å². The topological polar surface area (TPSA) is 83.2 Å². The van der Waals surface area contributed by atoms with Gasteiger partial charge in [-0.3, -0.25) is 9.69 Å². The SMILES string of the molecule is O=C(O)N1CCC(COc2coc(CN3Cc4ccccc4C3)cc2=O)CC1. The van der Waals surface area contributed by atoms with Crippen LogP contribution in [0.15, 0.2) is 45.8 Å². The smallest absolute Gasteiger partial charge is 0.407 e. The van der Waals surface area contributed by atoms with Crippen LogP contribution in [0.5, 0.6) is 5.75 Å². The molecule has 1 amide bonds. The van der Waals surface area contributed by atoms with Crippen LogP contribution in [0.25, 0.3) is 0 Å². The van der Waals surface area contributed by atoms with Gasteiger partial charge in [-0.15, -0.1) is 0 Å². The van der Waals surface area contributed by atoms with E-state index < -0.39 is 6.09 Å². The lowest BCUT2D eigenvalue weighted by atomic mass is 9.98. The molecule has 2 aromatic rings. The molecule has 2 aliphatic heterocycles. The van der Waals surface area contributed by atoms with Gasteiger partial charge in [0.05, 0.1) is 13.2 Å². The Labute approximate surface area is 163 Å². The Morgan fingerprint density at radius 1 is 1.18 bits per heavy atom. The normalized spacial score (nSPS) is 17.5. The van der Waals surface area contributed by atoms with Crippen molar-refractivity contribution in [2.75, 3.05) is 19.7 Å². The Kier molecular flexibility index (Phi) is 5.34. The lowest BCUT2D eigenvalue weighted by Gasteiger charge is -2.29. The molecule has 7 nitrogen and oxygen atoms in total. The van der Waals surface area contributed by atoms with E-state index in [1.54, 1.807) is 0 Å². The molecule has 1 saturated heterocycles. The maximum atomic E-state index is 12.4. The molecule has 1 aromatic heterocycles. The summed E-state index contributed by atoms with van der Waals surface area (Å²) >= 11 is 0. The minimum absolute atomic E-state index is 0.180. The van der Waals surface area contributed by atoms with Crippen LogP contribution in [0, 0.1) is 5.92 Å². The van der Waals surface area contributed by atoms with Crippen LogP contribution in [-0.2, 0) is 19.6 Å². The molecule has 0 aliphatic carbocycles. The molecule has 2 aliphatic rings. The van der Waals surface area contributed by atoms with E-state index in [0.717, 1.165) is 25.9 Å². The van der Waals surface area contributed by atoms with Gasteiger partial charge in [-0.05, 0) is 29.9 Å². The molecule has 1 N–H and O–H groups in total. The minimum Gasteiger partial charge on any atom is -0.486 e. The van der Waals surface area contributed by atoms with Gasteiger partial charge in [0.2, 0.25) is 11.2 Å². The van der Waals surface area contributed by atoms with Gasteiger partial charge in [0.15, 0.2) is 0 Å². The molecule has 4 rings (SSSR count). The number of likely N-dealkylation sites (tertiary alicyclic amines) is 1. The van der Waals surface area contributed by atoms with Crippen molar-refractivity contribution >= 4 is 6.09 Å². The molecular formula is C21H24N2O5. The van der Waals surface area contributed by atoms with Gasteiger partial charge in [0.1, 0.15) is 12.0 Å². The van der Waals surface area contributed by atoms with Crippen LogP contribution in [0.1, 0.15) is 29.7 Å². The van der Waals surface area contributed by atoms with Gasteiger partial charge in [-0.2, -0.15) is 0 Å². The zero-order valence-corrected chi connectivity index (χ0v) is 15.7. The van der Waals surface area contributed by atoms with E-state index in [2.05, 4.69) is 17.0 Å². The Balaban J connectivity index is 1.29. The molecule has 1 aromatic carbocycles. The third kappa shape index (κ3) is 4.20. The van der Waals surface area contributed by atoms with E-state index in [1.165, 1.54) is 28.4 Å². The van der Waals surface area contributed by atoms with Crippen molar-refractivity contribution in [1.29, 1.82) is 0 Å². The Hall–Kier alpha value is -2.80. The van der Waals surface area contributed by atoms with Gasteiger partial charge in [-0.1, -0.05) is 24.3 Å². The van der Waals surface area contributed by atoms with Crippen molar-refractivity contribution in [3.8, 4) is 5.75 Å². The second kappa shape index (κ2) is 8.06. The number of amides is 1. The van der Waals surface area contributed by atoms with Gasteiger partial charge in [0.25, 0.3) is 0 Å². The van der Waals surface area contributed by atoms with Crippen LogP contribution in [0.2, 0.25) is 0 Å². The van der Waals surface area contributed by atoms with Crippen molar-refractivity contribution in [3.63, 3.8) is 0 Å². The van der Waals surface area contributed by atoms with E-state index >= 15 is 0 Å². The van der Waals surface area contributed by atoms with Crippen LogP contribution in [0.3, 0.4) is 0 Å². The summed E-state index contributed by atoms with van der Waals surface area (Å²) in [5.41, 5.74) is 2.46. The average Bonchev–Trinajstić information content (AvgIpc) is 3.10. The van der Waals surface area contributed by atoms with Gasteiger partial charge in [-0.25, -0.2) is 4.79 Å². The maximum absolute atomic E-state index is 12.4. The molecule has 28 heavy (non-hydrogen) atoms. The van der Waals surface area contributed by atoms with Gasteiger partial charge < -0.3 is 19.2 Å². The first-order valence-electron chi connectivity index (χ1n) is 9.60. The first kappa shape index (κ1) is 18.6. The highest BCUT2D eigenvalue weighted by Crippen LogP contribution is 2.24. The van der Waals surface area contributed by atoms with Crippen LogP contribution in [0.4, 0.5) is 4.79 Å². The number of hydrogen-bond donors (Lipinski definition) is 1. The third-order valence-electron chi connectivity index (χ3n) is 5.50. The summed E-state index contributed by atoms with van der Waals surface area (Å²) in [6, 6.07) is 9.85. The highest BCUT2D eigenvalue weighted by atomic mass is 16.5. The number of carboxylic acid groups (broad SMARTS) is 1. The average molecular weight is 384 g/mol. The molecule has 0 atom stereocenters. The number of piperidine rings is 1. The molecule has 7 heteroatoms. The molecular weight excluding hydrogens is 360 g/mol. The number of carbonyl (C=O) groups is 1. The monoisotopic (exact) mass is 384 g/mol. The van der Waals surface area contributed by atoms with Gasteiger partial charge in [0, 0.05) is 32.2 Å². The summed E-state index contributed by atoms with van der Waals surface area (Å²) in [6.07, 6.45) is 2.00. The first-order valence-corrected chi connectivity index (χ1v) is 9.60. The zero-order chi connectivity index (χ0) is 19.5. The van der Waals surface area contributed by atoms with Crippen LogP contribution in [-0.4, -0.2) is 40.7 Å². The summed E-state index contributed by atoms with van der Waals surface area (Å²) in [4.78, 5) is 26.9. The fourth-order valence-electron chi connectivity index (χ4n) is 3.86. The van der Waals surface area contributed by atoms with Crippen LogP contribution < -0.4 is 10.2 Å². The van der Waals surface area contributed by atoms with E-state index in [0.29, 0.717) is 32.0 Å². The summed E-state index contributed by atoms with van der Waals surface area (Å²) < 4.78 is 11.3. The minimum atomic E-state index is -0.878. The predicted molar refractivity (Wildman–Crippen MR) is 102 cm³/mol. The Morgan fingerprint density at radius 3 is 2.46 bits per heavy atom. The Morgan fingerprint density at radius 2 is 1.86 bits per heavy atom. The van der Waals surface area contributed by atoms with Crippen molar-refractivity contribution in [2.24, 2.45) is 5.92 Å². The standard InChI is InChI=1S/C21H24N2O5/c24-19-9-18(12-22-10-16-3-1-2-4-17(16)11-22)27-14-20(19)28-13-15-5-7-23(8-6-15)21(25)26/h1-4,9,14-15H,5-8,10-13H2,(H,25,26). The zero-order valence-electron chi connectivity index (χ0n) is 15.7. The van der Waals surface area contributed by atoms with Crippen molar-refractivity contribution in [3.05, 3.63) is 63.7 Å². The lowest BCUT2D eigenvalue weighted by molar-refractivity contribution is 0.111. The molecule has 0 spiro atoms. The fraction of sp³-hybridized carbons (Fsp3) is 0.429. The molecule has 0 radical (unpaired) electrons. The number of benzene rings is 1. The van der Waals surface area contributed by atoms with Crippen LogP contribution >= 0.6 is 0 Å². The Bertz CT molecular complexity index is 877. The third-order valence-corrected chi connectivity index (χ3v) is 5.50. The molecule has 0 bridgehead atoms. The molecule has 0 saturated carbocycles. The summed E-state index contributed by atoms with van der Waals surface area (Å²) in [5.74, 6) is 1.09. The largest absolute Gasteiger partial charge is 0.486 e. The van der Waals surface area contributed by atoms with E-state index in [1.807, 2.05) is 12.1 Å². The molecule has 3 heterocycles. The molecule has 148 valence electrons. The second-order valence-corrected chi connectivity index (χ2v) is 7.51. The summed E-state index contributed by atoms with van der Waals surface area (Å²) in [6.45, 7) is 3.71. The van der Waals surface area contributed by atoms with E-state index in [-0.39, 0.29) is 17.1 Å².